The van der Waals surface area contributed by atoms with Gasteiger partial charge in [-0.1, -0.05) is 37.9 Å². The van der Waals surface area contributed by atoms with Gasteiger partial charge in [0.1, 0.15) is 13.2 Å². The van der Waals surface area contributed by atoms with Crippen LogP contribution in [0.5, 0.6) is 11.5 Å². The first kappa shape index (κ1) is 26.8. The van der Waals surface area contributed by atoms with Gasteiger partial charge in [-0.3, -0.25) is 0 Å². The van der Waals surface area contributed by atoms with Crippen LogP contribution in [0.1, 0.15) is 31.1 Å². The molecule has 2 aromatic carbocycles. The summed E-state index contributed by atoms with van der Waals surface area (Å²) in [4.78, 5) is 47.6. The third kappa shape index (κ3) is 7.82. The molecule has 0 unspecified atom stereocenters. The van der Waals surface area contributed by atoms with Crippen LogP contribution in [0.15, 0.2) is 78.9 Å². The zero-order valence-electron chi connectivity index (χ0n) is 19.8. The van der Waals surface area contributed by atoms with E-state index in [9.17, 15) is 19.2 Å². The van der Waals surface area contributed by atoms with Gasteiger partial charge >= 0.3 is 23.9 Å². The minimum atomic E-state index is -0.679. The molecule has 0 aliphatic heterocycles. The Morgan fingerprint density at radius 1 is 0.629 bits per heavy atom. The second-order valence-corrected chi connectivity index (χ2v) is 7.63. The summed E-state index contributed by atoms with van der Waals surface area (Å²) in [5.41, 5.74) is 2.23. The Balaban J connectivity index is 2.16. The second kappa shape index (κ2) is 12.1. The minimum absolute atomic E-state index is 0.0258. The van der Waals surface area contributed by atoms with Crippen LogP contribution in [-0.4, -0.2) is 37.1 Å². The molecule has 0 heterocycles. The first-order chi connectivity index (χ1) is 16.5. The van der Waals surface area contributed by atoms with Crippen molar-refractivity contribution in [1.29, 1.82) is 0 Å². The van der Waals surface area contributed by atoms with E-state index >= 15 is 0 Å². The summed E-state index contributed by atoms with van der Waals surface area (Å²) >= 11 is 0. The fraction of sp³-hybridized carbons (Fsp3) is 0.185. The van der Waals surface area contributed by atoms with Crippen LogP contribution < -0.4 is 9.47 Å². The van der Waals surface area contributed by atoms with E-state index in [1.165, 1.54) is 32.9 Å². The molecule has 2 rings (SSSR count). The number of benzene rings is 2. The van der Waals surface area contributed by atoms with Crippen molar-refractivity contribution in [2.24, 2.45) is 0 Å². The predicted molar refractivity (Wildman–Crippen MR) is 129 cm³/mol. The molecule has 0 fully saturated rings. The minimum Gasteiger partial charge on any atom is -0.459 e. The topological polar surface area (TPSA) is 105 Å². The predicted octanol–water partition coefficient (Wildman–Crippen LogP) is 4.59. The Morgan fingerprint density at radius 2 is 1.11 bits per heavy atom. The van der Waals surface area contributed by atoms with Gasteiger partial charge in [0, 0.05) is 16.7 Å². The number of carbonyl (C=O) groups excluding carboxylic acids is 4. The van der Waals surface area contributed by atoms with Gasteiger partial charge in [-0.15, -0.1) is 0 Å². The van der Waals surface area contributed by atoms with Crippen molar-refractivity contribution in [2.75, 3.05) is 13.2 Å². The average Bonchev–Trinajstić information content (AvgIpc) is 2.82. The highest BCUT2D eigenvalue weighted by molar-refractivity contribution is 5.92. The van der Waals surface area contributed by atoms with Gasteiger partial charge in [-0.05, 0) is 56.2 Å². The first-order valence-electron chi connectivity index (χ1n) is 10.5. The highest BCUT2D eigenvalue weighted by Crippen LogP contribution is 2.34. The van der Waals surface area contributed by atoms with Crippen molar-refractivity contribution < 1.29 is 38.1 Å². The molecule has 0 bridgehead atoms. The molecule has 0 radical (unpaired) electrons. The molecule has 0 aliphatic carbocycles. The Bertz CT molecular complexity index is 1190. The fourth-order valence-electron chi connectivity index (χ4n) is 2.50. The Hall–Kier alpha value is -4.46. The van der Waals surface area contributed by atoms with E-state index in [2.05, 4.69) is 19.7 Å². The largest absolute Gasteiger partial charge is 0.459 e. The molecule has 35 heavy (non-hydrogen) atoms. The van der Waals surface area contributed by atoms with E-state index < -0.39 is 23.9 Å². The molecule has 0 amide bonds. The number of hydrogen-bond donors (Lipinski definition) is 0. The summed E-state index contributed by atoms with van der Waals surface area (Å²) in [6.07, 6.45) is 0. The number of esters is 4. The smallest absolute Gasteiger partial charge is 0.338 e. The van der Waals surface area contributed by atoms with E-state index in [1.807, 2.05) is 0 Å². The van der Waals surface area contributed by atoms with E-state index in [0.717, 1.165) is 0 Å². The maximum atomic E-state index is 12.2. The quantitative estimate of drug-likeness (QED) is 0.211. The lowest BCUT2D eigenvalue weighted by atomic mass is 10.0. The zero-order valence-corrected chi connectivity index (χ0v) is 19.8. The van der Waals surface area contributed by atoms with Crippen molar-refractivity contribution >= 4 is 23.9 Å². The molecule has 8 heteroatoms. The molecule has 0 N–H and O–H groups in total. The Labute approximate surface area is 203 Å². The van der Waals surface area contributed by atoms with Crippen LogP contribution >= 0.6 is 0 Å². The number of rotatable bonds is 10. The Kier molecular flexibility index (Phi) is 9.28. The van der Waals surface area contributed by atoms with Gasteiger partial charge in [0.05, 0.1) is 5.56 Å². The van der Waals surface area contributed by atoms with Gasteiger partial charge < -0.3 is 18.9 Å². The summed E-state index contributed by atoms with van der Waals surface area (Å²) in [5, 5.41) is 0. The average molecular weight is 478 g/mol. The lowest BCUT2D eigenvalue weighted by Gasteiger charge is -2.13. The molecule has 2 aromatic rings. The maximum absolute atomic E-state index is 12.2. The van der Waals surface area contributed by atoms with Crippen molar-refractivity contribution in [1.82, 2.24) is 0 Å². The van der Waals surface area contributed by atoms with Crippen molar-refractivity contribution in [2.45, 2.75) is 20.8 Å². The fourth-order valence-corrected chi connectivity index (χ4v) is 2.50. The molecule has 0 saturated carbocycles. The number of carbonyl (C=O) groups is 4. The van der Waals surface area contributed by atoms with E-state index in [-0.39, 0.29) is 41.4 Å². The van der Waals surface area contributed by atoms with Gasteiger partial charge in [0.25, 0.3) is 0 Å². The van der Waals surface area contributed by atoms with Gasteiger partial charge in [-0.25, -0.2) is 19.2 Å². The van der Waals surface area contributed by atoms with Crippen LogP contribution in [-0.2, 0) is 23.9 Å². The highest BCUT2D eigenvalue weighted by Gasteiger charge is 2.17. The van der Waals surface area contributed by atoms with Gasteiger partial charge in [0.2, 0.25) is 0 Å². The van der Waals surface area contributed by atoms with Crippen molar-refractivity contribution in [3.8, 4) is 22.6 Å². The number of hydrogen-bond acceptors (Lipinski definition) is 8. The van der Waals surface area contributed by atoms with Crippen LogP contribution in [0.25, 0.3) is 11.1 Å². The Morgan fingerprint density at radius 3 is 1.66 bits per heavy atom. The van der Waals surface area contributed by atoms with Crippen LogP contribution in [0.3, 0.4) is 0 Å². The van der Waals surface area contributed by atoms with Crippen LogP contribution in [0.4, 0.5) is 0 Å². The highest BCUT2D eigenvalue weighted by atomic mass is 16.6. The van der Waals surface area contributed by atoms with E-state index in [4.69, 9.17) is 18.9 Å². The third-order valence-corrected chi connectivity index (χ3v) is 4.40. The van der Waals surface area contributed by atoms with E-state index in [0.29, 0.717) is 16.7 Å². The van der Waals surface area contributed by atoms with Crippen LogP contribution in [0.2, 0.25) is 0 Å². The molecular formula is C27H26O8. The lowest BCUT2D eigenvalue weighted by Crippen LogP contribution is -2.14. The molecule has 0 aromatic heterocycles. The first-order valence-corrected chi connectivity index (χ1v) is 10.5. The van der Waals surface area contributed by atoms with Crippen molar-refractivity contribution in [3.05, 3.63) is 84.5 Å². The molecule has 0 saturated heterocycles. The summed E-state index contributed by atoms with van der Waals surface area (Å²) in [5.74, 6) is -2.41. The zero-order chi connectivity index (χ0) is 26.1. The summed E-state index contributed by atoms with van der Waals surface area (Å²) in [7, 11) is 0. The molecule has 182 valence electrons. The third-order valence-electron chi connectivity index (χ3n) is 4.40. The van der Waals surface area contributed by atoms with Gasteiger partial charge in [-0.2, -0.15) is 0 Å². The lowest BCUT2D eigenvalue weighted by molar-refractivity contribution is -0.140. The second-order valence-electron chi connectivity index (χ2n) is 7.63. The van der Waals surface area contributed by atoms with Crippen LogP contribution in [0, 0.1) is 0 Å². The summed E-state index contributed by atoms with van der Waals surface area (Å²) < 4.78 is 20.6. The number of ether oxygens (including phenoxy) is 4. The monoisotopic (exact) mass is 478 g/mol. The molecule has 0 atom stereocenters. The van der Waals surface area contributed by atoms with Gasteiger partial charge in [0.15, 0.2) is 11.5 Å². The molecule has 0 aliphatic rings. The van der Waals surface area contributed by atoms with E-state index in [1.54, 1.807) is 30.3 Å². The molecule has 8 nitrogen and oxygen atoms in total. The molecule has 0 spiro atoms. The molecular weight excluding hydrogens is 452 g/mol. The normalized spacial score (nSPS) is 10.0. The standard InChI is InChI=1S/C27H26O8/c1-16(2)24(28)32-13-14-33-27(31)20-9-7-19(8-10-20)21-11-12-22(34-25(29)17(3)4)23(15-21)35-26(30)18(5)6/h7-12,15H,1,3,5,13-14H2,2,4,6H3. The summed E-state index contributed by atoms with van der Waals surface area (Å²) in [6, 6.07) is 11.2. The SMILES string of the molecule is C=C(C)C(=O)OCCOC(=O)c1ccc(-c2ccc(OC(=O)C(=C)C)c(OC(=O)C(=C)C)c2)cc1. The summed E-state index contributed by atoms with van der Waals surface area (Å²) in [6.45, 7) is 14.9. The maximum Gasteiger partial charge on any atom is 0.338 e. The van der Waals surface area contributed by atoms with Crippen molar-refractivity contribution in [3.63, 3.8) is 0 Å².